The lowest BCUT2D eigenvalue weighted by Crippen LogP contribution is -2.44. The van der Waals surface area contributed by atoms with E-state index < -0.39 is 0 Å². The van der Waals surface area contributed by atoms with Crippen LogP contribution in [0.5, 0.6) is 0 Å². The molecule has 0 aromatic heterocycles. The molecule has 0 spiro atoms. The molecule has 1 unspecified atom stereocenters. The zero-order valence-corrected chi connectivity index (χ0v) is 10.7. The molecule has 0 bridgehead atoms. The molecule has 0 radical (unpaired) electrons. The van der Waals surface area contributed by atoms with Crippen LogP contribution in [0.15, 0.2) is 0 Å². The Labute approximate surface area is 102 Å². The summed E-state index contributed by atoms with van der Waals surface area (Å²) in [6.07, 6.45) is 6.31. The van der Waals surface area contributed by atoms with Gasteiger partial charge in [-0.05, 0) is 37.7 Å². The molecule has 1 rings (SSSR count). The fourth-order valence-electron chi connectivity index (χ4n) is 1.69. The first-order valence-corrected chi connectivity index (χ1v) is 7.27. The van der Waals surface area contributed by atoms with Crippen molar-refractivity contribution in [1.29, 1.82) is 0 Å². The van der Waals surface area contributed by atoms with E-state index in [0.717, 1.165) is 31.6 Å². The highest BCUT2D eigenvalue weighted by Gasteiger charge is 2.17. The average molecular weight is 246 g/mol. The summed E-state index contributed by atoms with van der Waals surface area (Å²) in [7, 11) is 0. The number of carbonyl (C=O) groups excluding carboxylic acids is 1. The number of amides is 1. The molecule has 1 saturated heterocycles. The van der Waals surface area contributed by atoms with Gasteiger partial charge in [-0.25, -0.2) is 0 Å². The van der Waals surface area contributed by atoms with Crippen molar-refractivity contribution < 1.29 is 9.53 Å². The van der Waals surface area contributed by atoms with E-state index in [9.17, 15) is 4.79 Å². The van der Waals surface area contributed by atoms with Crippen LogP contribution in [0.2, 0.25) is 0 Å². The number of hydrogen-bond donors (Lipinski definition) is 2. The maximum Gasteiger partial charge on any atom is 0.237 e. The lowest BCUT2D eigenvalue weighted by atomic mass is 10.1. The van der Waals surface area contributed by atoms with Crippen molar-refractivity contribution in [3.63, 3.8) is 0 Å². The van der Waals surface area contributed by atoms with E-state index >= 15 is 0 Å². The van der Waals surface area contributed by atoms with Gasteiger partial charge < -0.3 is 15.8 Å². The summed E-state index contributed by atoms with van der Waals surface area (Å²) in [6.45, 7) is 1.42. The molecule has 5 heteroatoms. The maximum absolute atomic E-state index is 11.6. The number of thioether (sulfide) groups is 1. The third-order valence-corrected chi connectivity index (χ3v) is 3.39. The van der Waals surface area contributed by atoms with Gasteiger partial charge in [-0.3, -0.25) is 4.79 Å². The van der Waals surface area contributed by atoms with Gasteiger partial charge in [0.1, 0.15) is 0 Å². The molecule has 0 aliphatic carbocycles. The van der Waals surface area contributed by atoms with E-state index in [0.29, 0.717) is 6.54 Å². The summed E-state index contributed by atoms with van der Waals surface area (Å²) >= 11 is 1.71. The number of rotatable bonds is 6. The van der Waals surface area contributed by atoms with Crippen LogP contribution in [0, 0.1) is 0 Å². The fourth-order valence-corrected chi connectivity index (χ4v) is 2.18. The summed E-state index contributed by atoms with van der Waals surface area (Å²) in [4.78, 5) is 11.6. The fraction of sp³-hybridized carbons (Fsp3) is 0.909. The Hall–Kier alpha value is -0.260. The number of ether oxygens (including phenoxy) is 1. The van der Waals surface area contributed by atoms with Crippen LogP contribution in [-0.2, 0) is 9.53 Å². The van der Waals surface area contributed by atoms with Crippen LogP contribution in [0.4, 0.5) is 0 Å². The van der Waals surface area contributed by atoms with E-state index in [1.54, 1.807) is 11.8 Å². The summed E-state index contributed by atoms with van der Waals surface area (Å²) < 4.78 is 5.53. The second kappa shape index (κ2) is 7.92. The molecule has 4 nitrogen and oxygen atoms in total. The van der Waals surface area contributed by atoms with Crippen molar-refractivity contribution in [2.45, 2.75) is 37.8 Å². The lowest BCUT2D eigenvalue weighted by Gasteiger charge is -2.23. The largest absolute Gasteiger partial charge is 0.376 e. The molecule has 0 aromatic carbocycles. The predicted molar refractivity (Wildman–Crippen MR) is 67.6 cm³/mol. The minimum Gasteiger partial charge on any atom is -0.376 e. The molecular weight excluding hydrogens is 224 g/mol. The molecule has 1 aliphatic rings. The van der Waals surface area contributed by atoms with Crippen molar-refractivity contribution in [2.24, 2.45) is 5.73 Å². The Balaban J connectivity index is 2.12. The first-order valence-electron chi connectivity index (χ1n) is 5.88. The monoisotopic (exact) mass is 246 g/mol. The molecule has 94 valence electrons. The minimum atomic E-state index is -0.379. The van der Waals surface area contributed by atoms with Crippen LogP contribution in [0.25, 0.3) is 0 Å². The zero-order chi connectivity index (χ0) is 11.8. The minimum absolute atomic E-state index is 0.0526. The zero-order valence-electron chi connectivity index (χ0n) is 9.91. The van der Waals surface area contributed by atoms with Crippen LogP contribution in [-0.4, -0.2) is 43.2 Å². The van der Waals surface area contributed by atoms with Gasteiger partial charge in [0, 0.05) is 13.2 Å². The number of hydrogen-bond acceptors (Lipinski definition) is 4. The molecular formula is C11H22N2O2S. The summed E-state index contributed by atoms with van der Waals surface area (Å²) in [5.41, 5.74) is 5.75. The van der Waals surface area contributed by atoms with E-state index in [-0.39, 0.29) is 18.1 Å². The Bertz CT molecular complexity index is 208. The summed E-state index contributed by atoms with van der Waals surface area (Å²) in [5, 5.41) is 2.86. The van der Waals surface area contributed by atoms with Crippen molar-refractivity contribution in [3.05, 3.63) is 0 Å². The Morgan fingerprint density at radius 3 is 3.06 bits per heavy atom. The highest BCUT2D eigenvalue weighted by Crippen LogP contribution is 2.11. The topological polar surface area (TPSA) is 64.4 Å². The number of nitrogens with two attached hydrogens (primary N) is 1. The Morgan fingerprint density at radius 2 is 2.44 bits per heavy atom. The third-order valence-electron chi connectivity index (χ3n) is 2.75. The molecule has 3 N–H and O–H groups in total. The van der Waals surface area contributed by atoms with Crippen LogP contribution < -0.4 is 11.1 Å². The molecule has 1 amide bonds. The van der Waals surface area contributed by atoms with E-state index in [2.05, 4.69) is 5.32 Å². The van der Waals surface area contributed by atoms with Crippen LogP contribution >= 0.6 is 11.8 Å². The Morgan fingerprint density at radius 1 is 1.62 bits per heavy atom. The highest BCUT2D eigenvalue weighted by molar-refractivity contribution is 7.98. The molecule has 0 saturated carbocycles. The predicted octanol–water partition coefficient (Wildman–Crippen LogP) is 0.752. The standard InChI is InChI=1S/C11H22N2O2S/c1-16-7-5-10(12)11(14)13-8-9-4-2-3-6-15-9/h9-10H,2-8,12H2,1H3,(H,13,14)/t9?,10-/m0/s1. The summed E-state index contributed by atoms with van der Waals surface area (Å²) in [6, 6.07) is -0.379. The van der Waals surface area contributed by atoms with Crippen molar-refractivity contribution >= 4 is 17.7 Å². The second-order valence-corrected chi connectivity index (χ2v) is 5.11. The first-order chi connectivity index (χ1) is 7.74. The molecule has 16 heavy (non-hydrogen) atoms. The summed E-state index contributed by atoms with van der Waals surface area (Å²) in [5.74, 6) is 0.873. The van der Waals surface area contributed by atoms with Crippen molar-refractivity contribution in [2.75, 3.05) is 25.2 Å². The van der Waals surface area contributed by atoms with Gasteiger partial charge in [0.2, 0.25) is 5.91 Å². The molecule has 1 heterocycles. The van der Waals surface area contributed by atoms with Gasteiger partial charge in [0.25, 0.3) is 0 Å². The molecule has 1 aliphatic heterocycles. The van der Waals surface area contributed by atoms with Gasteiger partial charge in [0.15, 0.2) is 0 Å². The SMILES string of the molecule is CSCC[C@H](N)C(=O)NCC1CCCCO1. The normalized spacial score (nSPS) is 22.8. The highest BCUT2D eigenvalue weighted by atomic mass is 32.2. The smallest absolute Gasteiger partial charge is 0.237 e. The van der Waals surface area contributed by atoms with Gasteiger partial charge in [-0.2, -0.15) is 11.8 Å². The quantitative estimate of drug-likeness (QED) is 0.726. The maximum atomic E-state index is 11.6. The van der Waals surface area contributed by atoms with E-state index in [1.165, 1.54) is 6.42 Å². The molecule has 2 atom stereocenters. The Kier molecular flexibility index (Phi) is 6.84. The number of nitrogens with one attached hydrogen (secondary N) is 1. The van der Waals surface area contributed by atoms with E-state index in [1.807, 2.05) is 6.26 Å². The van der Waals surface area contributed by atoms with Crippen molar-refractivity contribution in [3.8, 4) is 0 Å². The van der Waals surface area contributed by atoms with E-state index in [4.69, 9.17) is 10.5 Å². The van der Waals surface area contributed by atoms with Gasteiger partial charge in [0.05, 0.1) is 12.1 Å². The second-order valence-electron chi connectivity index (χ2n) is 4.12. The molecule has 0 aromatic rings. The molecule has 1 fully saturated rings. The third kappa shape index (κ3) is 5.18. The van der Waals surface area contributed by atoms with Crippen molar-refractivity contribution in [1.82, 2.24) is 5.32 Å². The lowest BCUT2D eigenvalue weighted by molar-refractivity contribution is -0.123. The van der Waals surface area contributed by atoms with Crippen LogP contribution in [0.3, 0.4) is 0 Å². The number of carbonyl (C=O) groups is 1. The van der Waals surface area contributed by atoms with Gasteiger partial charge >= 0.3 is 0 Å². The van der Waals surface area contributed by atoms with Gasteiger partial charge in [-0.1, -0.05) is 0 Å². The van der Waals surface area contributed by atoms with Gasteiger partial charge in [-0.15, -0.1) is 0 Å². The van der Waals surface area contributed by atoms with Crippen LogP contribution in [0.1, 0.15) is 25.7 Å². The first kappa shape index (κ1) is 13.8. The average Bonchev–Trinajstić information content (AvgIpc) is 2.34.